The van der Waals surface area contributed by atoms with Crippen molar-refractivity contribution in [1.82, 2.24) is 4.98 Å². The third-order valence-corrected chi connectivity index (χ3v) is 4.37. The van der Waals surface area contributed by atoms with Gasteiger partial charge in [-0.3, -0.25) is 4.98 Å². The number of pyridine rings is 1. The molecule has 0 aliphatic heterocycles. The number of fused-ring (bicyclic) bond motifs is 1. The number of rotatable bonds is 5. The Morgan fingerprint density at radius 1 is 1.19 bits per heavy atom. The molecule has 0 bridgehead atoms. The molecule has 1 heterocycles. The molecule has 3 aromatic rings. The molecule has 0 amide bonds. The molecule has 0 aliphatic carbocycles. The molecule has 1 aromatic heterocycles. The van der Waals surface area contributed by atoms with E-state index in [2.05, 4.69) is 4.98 Å². The number of halogens is 2. The van der Waals surface area contributed by atoms with Crippen LogP contribution in [0.1, 0.15) is 42.6 Å². The van der Waals surface area contributed by atoms with E-state index in [4.69, 9.17) is 4.74 Å². The van der Waals surface area contributed by atoms with Gasteiger partial charge in [0.15, 0.2) is 11.6 Å². The van der Waals surface area contributed by atoms with Crippen LogP contribution in [0.3, 0.4) is 0 Å². The summed E-state index contributed by atoms with van der Waals surface area (Å²) in [7, 11) is 0. The van der Waals surface area contributed by atoms with Crippen LogP contribution >= 0.6 is 0 Å². The lowest BCUT2D eigenvalue weighted by Crippen LogP contribution is -2.04. The summed E-state index contributed by atoms with van der Waals surface area (Å²) in [5.41, 5.74) is 1.79. The fourth-order valence-corrected chi connectivity index (χ4v) is 3.12. The smallest absolute Gasteiger partial charge is 0.335 e. The number of ether oxygens (including phenoxy) is 1. The van der Waals surface area contributed by atoms with E-state index in [0.717, 1.165) is 6.20 Å². The van der Waals surface area contributed by atoms with E-state index in [1.54, 1.807) is 13.0 Å². The maximum Gasteiger partial charge on any atom is 0.335 e. The number of hydrogen-bond donors (Lipinski definition) is 1. The highest BCUT2D eigenvalue weighted by molar-refractivity contribution is 5.97. The SMILES string of the molecule is CCOc1cc2ncc(F)c(-c3ccc(C(=O)O)c(C(C)C)c3)c2cc1F. The van der Waals surface area contributed by atoms with Crippen molar-refractivity contribution >= 4 is 16.9 Å². The van der Waals surface area contributed by atoms with Gasteiger partial charge in [0.1, 0.15) is 5.82 Å². The summed E-state index contributed by atoms with van der Waals surface area (Å²) in [6, 6.07) is 7.25. The van der Waals surface area contributed by atoms with Gasteiger partial charge in [0.05, 0.1) is 23.9 Å². The maximum absolute atomic E-state index is 14.6. The van der Waals surface area contributed by atoms with E-state index >= 15 is 0 Å². The average Bonchev–Trinajstić information content (AvgIpc) is 2.62. The Bertz CT molecular complexity index is 1030. The molecule has 6 heteroatoms. The van der Waals surface area contributed by atoms with Crippen molar-refractivity contribution in [2.24, 2.45) is 0 Å². The number of carbonyl (C=O) groups is 1. The molecule has 0 saturated carbocycles. The van der Waals surface area contributed by atoms with Gasteiger partial charge >= 0.3 is 5.97 Å². The van der Waals surface area contributed by atoms with Gasteiger partial charge in [-0.05, 0) is 42.2 Å². The normalized spacial score (nSPS) is 11.2. The summed E-state index contributed by atoms with van der Waals surface area (Å²) in [5, 5.41) is 9.67. The van der Waals surface area contributed by atoms with Crippen LogP contribution in [0.4, 0.5) is 8.78 Å². The monoisotopic (exact) mass is 371 g/mol. The second-order valence-electron chi connectivity index (χ2n) is 6.48. The van der Waals surface area contributed by atoms with Crippen molar-refractivity contribution in [2.45, 2.75) is 26.7 Å². The van der Waals surface area contributed by atoms with Crippen LogP contribution in [0, 0.1) is 11.6 Å². The molecule has 3 rings (SSSR count). The number of carboxylic acid groups (broad SMARTS) is 1. The first kappa shape index (κ1) is 18.8. The fourth-order valence-electron chi connectivity index (χ4n) is 3.12. The standard InChI is InChI=1S/C21H19F2NO3/c1-4-27-19-9-18-15(8-16(19)22)20(17(23)10-24-18)12-5-6-13(21(25)26)14(7-12)11(2)3/h5-11H,4H2,1-3H3,(H,25,26). The van der Waals surface area contributed by atoms with Gasteiger partial charge in [0.25, 0.3) is 0 Å². The first-order valence-corrected chi connectivity index (χ1v) is 8.61. The van der Waals surface area contributed by atoms with Crippen LogP contribution in [-0.2, 0) is 0 Å². The lowest BCUT2D eigenvalue weighted by atomic mass is 9.91. The molecular formula is C21H19F2NO3. The summed E-state index contributed by atoms with van der Waals surface area (Å²) in [6.45, 7) is 5.76. The van der Waals surface area contributed by atoms with Crippen molar-refractivity contribution in [3.63, 3.8) is 0 Å². The Balaban J connectivity index is 2.28. The molecule has 0 radical (unpaired) electrons. The molecule has 4 nitrogen and oxygen atoms in total. The predicted octanol–water partition coefficient (Wildman–Crippen LogP) is 5.40. The van der Waals surface area contributed by atoms with Gasteiger partial charge in [0.2, 0.25) is 0 Å². The quantitative estimate of drug-likeness (QED) is 0.652. The minimum absolute atomic E-state index is 0.0548. The lowest BCUT2D eigenvalue weighted by molar-refractivity contribution is 0.0695. The summed E-state index contributed by atoms with van der Waals surface area (Å²) < 4.78 is 34.2. The molecule has 2 aromatic carbocycles. The van der Waals surface area contributed by atoms with E-state index in [1.807, 2.05) is 13.8 Å². The highest BCUT2D eigenvalue weighted by Gasteiger charge is 2.19. The fraction of sp³-hybridized carbons (Fsp3) is 0.238. The van der Waals surface area contributed by atoms with Gasteiger partial charge in [0, 0.05) is 17.0 Å². The number of aromatic carboxylic acids is 1. The van der Waals surface area contributed by atoms with Crippen LogP contribution in [0.5, 0.6) is 5.75 Å². The summed E-state index contributed by atoms with van der Waals surface area (Å²) in [5.74, 6) is -2.28. The number of benzene rings is 2. The highest BCUT2D eigenvalue weighted by Crippen LogP contribution is 2.35. The topological polar surface area (TPSA) is 59.4 Å². The molecule has 0 unspecified atom stereocenters. The van der Waals surface area contributed by atoms with E-state index in [9.17, 15) is 18.7 Å². The zero-order chi connectivity index (χ0) is 19.7. The molecule has 0 fully saturated rings. The molecule has 0 aliphatic rings. The van der Waals surface area contributed by atoms with E-state index < -0.39 is 17.6 Å². The van der Waals surface area contributed by atoms with Crippen molar-refractivity contribution in [3.8, 4) is 16.9 Å². The number of carboxylic acids is 1. The molecule has 0 spiro atoms. The number of aromatic nitrogens is 1. The van der Waals surface area contributed by atoms with E-state index in [1.165, 1.54) is 24.3 Å². The minimum atomic E-state index is -1.04. The molecule has 0 atom stereocenters. The van der Waals surface area contributed by atoms with Crippen molar-refractivity contribution in [3.05, 3.63) is 59.3 Å². The van der Waals surface area contributed by atoms with Crippen molar-refractivity contribution in [1.29, 1.82) is 0 Å². The second-order valence-corrected chi connectivity index (χ2v) is 6.48. The maximum atomic E-state index is 14.6. The first-order valence-electron chi connectivity index (χ1n) is 8.61. The van der Waals surface area contributed by atoms with Crippen LogP contribution in [0.2, 0.25) is 0 Å². The van der Waals surface area contributed by atoms with Gasteiger partial charge < -0.3 is 9.84 Å². The zero-order valence-corrected chi connectivity index (χ0v) is 15.2. The Morgan fingerprint density at radius 3 is 2.56 bits per heavy atom. The zero-order valence-electron chi connectivity index (χ0n) is 15.2. The molecule has 140 valence electrons. The van der Waals surface area contributed by atoms with E-state index in [0.29, 0.717) is 28.6 Å². The van der Waals surface area contributed by atoms with Crippen LogP contribution in [-0.4, -0.2) is 22.7 Å². The number of nitrogens with zero attached hydrogens (tertiary/aromatic N) is 1. The van der Waals surface area contributed by atoms with Gasteiger partial charge in [-0.2, -0.15) is 0 Å². The van der Waals surface area contributed by atoms with Crippen molar-refractivity contribution in [2.75, 3.05) is 6.61 Å². The third kappa shape index (κ3) is 3.47. The van der Waals surface area contributed by atoms with Gasteiger partial charge in [-0.1, -0.05) is 19.9 Å². The van der Waals surface area contributed by atoms with Crippen molar-refractivity contribution < 1.29 is 23.4 Å². The Morgan fingerprint density at radius 2 is 1.93 bits per heavy atom. The largest absolute Gasteiger partial charge is 0.491 e. The highest BCUT2D eigenvalue weighted by atomic mass is 19.1. The molecular weight excluding hydrogens is 352 g/mol. The molecule has 27 heavy (non-hydrogen) atoms. The van der Waals surface area contributed by atoms with Gasteiger partial charge in [-0.15, -0.1) is 0 Å². The Labute approximate surface area is 155 Å². The predicted molar refractivity (Wildman–Crippen MR) is 99.3 cm³/mol. The second kappa shape index (κ2) is 7.31. The van der Waals surface area contributed by atoms with E-state index in [-0.39, 0.29) is 22.8 Å². The number of hydrogen-bond acceptors (Lipinski definition) is 3. The van der Waals surface area contributed by atoms with Crippen LogP contribution in [0.25, 0.3) is 22.0 Å². The first-order chi connectivity index (χ1) is 12.8. The third-order valence-electron chi connectivity index (χ3n) is 4.37. The summed E-state index contributed by atoms with van der Waals surface area (Å²) >= 11 is 0. The molecule has 0 saturated heterocycles. The van der Waals surface area contributed by atoms with Crippen LogP contribution in [0.15, 0.2) is 36.5 Å². The van der Waals surface area contributed by atoms with Crippen LogP contribution < -0.4 is 4.74 Å². The van der Waals surface area contributed by atoms with Gasteiger partial charge in [-0.25, -0.2) is 13.6 Å². The summed E-state index contributed by atoms with van der Waals surface area (Å²) in [6.07, 6.45) is 1.07. The minimum Gasteiger partial charge on any atom is -0.491 e. The molecule has 1 N–H and O–H groups in total. The Hall–Kier alpha value is -3.02. The lowest BCUT2D eigenvalue weighted by Gasteiger charge is -2.15. The summed E-state index contributed by atoms with van der Waals surface area (Å²) in [4.78, 5) is 15.5. The average molecular weight is 371 g/mol. The Kier molecular flexibility index (Phi) is 5.08.